The number of hydrogen-bond acceptors (Lipinski definition) is 7. The number of nitrogens with one attached hydrogen (secondary N) is 2. The summed E-state index contributed by atoms with van der Waals surface area (Å²) in [6, 6.07) is 9.40. The summed E-state index contributed by atoms with van der Waals surface area (Å²) in [5, 5.41) is 6.93. The summed E-state index contributed by atoms with van der Waals surface area (Å²) in [5.74, 6) is -0.0535. The van der Waals surface area contributed by atoms with E-state index in [9.17, 15) is 14.4 Å². The second-order valence-electron chi connectivity index (χ2n) is 15.9. The zero-order valence-corrected chi connectivity index (χ0v) is 32.0. The van der Waals surface area contributed by atoms with Crippen LogP contribution in [0, 0.1) is 5.92 Å². The molecule has 53 heavy (non-hydrogen) atoms. The first kappa shape index (κ1) is 36.9. The second kappa shape index (κ2) is 14.8. The van der Waals surface area contributed by atoms with Crippen molar-refractivity contribution in [1.82, 2.24) is 35.0 Å². The Morgan fingerprint density at radius 1 is 1.02 bits per heavy atom. The standard InChI is InChI=1S/C40H50ClN7O5/c1-39(2,3)45-37(50)47-19-12-28(13-20-47)53-38(51)48-17-10-25(11-18-48)33-29-9-8-27(41)22-30(29)31(21-26-7-6-16-43-34(26)33)35(32-23-42-24-46(32)4)44-36(49)40(52-5)14-15-40/h6-9,16,21-25,28,33,35H,10-15,17-20H2,1-5H3,(H,44,49)(H,45,50). The third-order valence-electron chi connectivity index (χ3n) is 11.1. The van der Waals surface area contributed by atoms with E-state index in [4.69, 9.17) is 26.1 Å². The minimum Gasteiger partial charge on any atom is -0.446 e. The summed E-state index contributed by atoms with van der Waals surface area (Å²) in [6.45, 7) is 8.11. The Balaban J connectivity index is 1.11. The maximum absolute atomic E-state index is 13.7. The van der Waals surface area contributed by atoms with Crippen LogP contribution in [0.1, 0.15) is 99.3 Å². The number of carbonyl (C=O) groups is 3. The second-order valence-corrected chi connectivity index (χ2v) is 16.3. The van der Waals surface area contributed by atoms with Crippen LogP contribution in [0.5, 0.6) is 0 Å². The van der Waals surface area contributed by atoms with Gasteiger partial charge in [0.05, 0.1) is 30.0 Å². The van der Waals surface area contributed by atoms with Crippen LogP contribution in [-0.2, 0) is 21.3 Å². The number of fused-ring (bicyclic) bond motifs is 2. The highest BCUT2D eigenvalue weighted by Gasteiger charge is 2.51. The van der Waals surface area contributed by atoms with Gasteiger partial charge in [-0.25, -0.2) is 14.6 Å². The first-order valence-corrected chi connectivity index (χ1v) is 19.0. The molecule has 2 aliphatic heterocycles. The molecule has 13 heteroatoms. The van der Waals surface area contributed by atoms with Gasteiger partial charge in [0, 0.05) is 75.9 Å². The van der Waals surface area contributed by atoms with E-state index >= 15 is 0 Å². The number of piperidine rings is 2. The number of aryl methyl sites for hydroxylation is 1. The number of aromatic nitrogens is 3. The van der Waals surface area contributed by atoms with Crippen LogP contribution in [0.4, 0.5) is 9.59 Å². The number of halogens is 1. The van der Waals surface area contributed by atoms with E-state index in [0.29, 0.717) is 56.9 Å². The molecule has 2 atom stereocenters. The predicted octanol–water partition coefficient (Wildman–Crippen LogP) is 6.31. The molecule has 3 aromatic rings. The lowest BCUT2D eigenvalue weighted by Crippen LogP contribution is -2.52. The van der Waals surface area contributed by atoms with Crippen molar-refractivity contribution >= 4 is 41.3 Å². The molecular formula is C40H50ClN7O5. The molecule has 2 unspecified atom stereocenters. The largest absolute Gasteiger partial charge is 0.446 e. The highest BCUT2D eigenvalue weighted by atomic mass is 35.5. The van der Waals surface area contributed by atoms with Crippen molar-refractivity contribution in [2.24, 2.45) is 13.0 Å². The summed E-state index contributed by atoms with van der Waals surface area (Å²) in [4.78, 5) is 52.8. The lowest BCUT2D eigenvalue weighted by molar-refractivity contribution is -0.134. The fourth-order valence-corrected chi connectivity index (χ4v) is 8.21. The average molecular weight is 744 g/mol. The van der Waals surface area contributed by atoms with Crippen LogP contribution in [0.15, 0.2) is 49.1 Å². The summed E-state index contributed by atoms with van der Waals surface area (Å²) in [6.07, 6.45) is 11.1. The van der Waals surface area contributed by atoms with Crippen molar-refractivity contribution in [3.8, 4) is 0 Å². The van der Waals surface area contributed by atoms with Gasteiger partial charge in [0.2, 0.25) is 0 Å². The summed E-state index contributed by atoms with van der Waals surface area (Å²) in [5.41, 5.74) is 4.55. The van der Waals surface area contributed by atoms with Gasteiger partial charge in [-0.15, -0.1) is 0 Å². The van der Waals surface area contributed by atoms with Gasteiger partial charge in [-0.05, 0) is 98.9 Å². The Bertz CT molecular complexity index is 1880. The fourth-order valence-electron chi connectivity index (χ4n) is 8.04. The molecule has 7 rings (SSSR count). The lowest BCUT2D eigenvalue weighted by Gasteiger charge is -2.38. The quantitative estimate of drug-likeness (QED) is 0.290. The molecule has 4 heterocycles. The minimum atomic E-state index is -0.823. The fraction of sp³-hybridized carbons (Fsp3) is 0.525. The molecule has 12 nitrogen and oxygen atoms in total. The van der Waals surface area contributed by atoms with Crippen LogP contribution in [0.3, 0.4) is 0 Å². The van der Waals surface area contributed by atoms with Crippen LogP contribution in [0.25, 0.3) is 11.6 Å². The number of pyridine rings is 1. The Labute approximate surface area is 316 Å². The van der Waals surface area contributed by atoms with Gasteiger partial charge in [-0.3, -0.25) is 9.78 Å². The summed E-state index contributed by atoms with van der Waals surface area (Å²) in [7, 11) is 3.51. The molecule has 2 saturated heterocycles. The van der Waals surface area contributed by atoms with Crippen molar-refractivity contribution in [1.29, 1.82) is 0 Å². The van der Waals surface area contributed by atoms with Gasteiger partial charge in [0.25, 0.3) is 5.91 Å². The number of methoxy groups -OCH3 is 1. The normalized spacial score (nSPS) is 20.7. The van der Waals surface area contributed by atoms with Crippen LogP contribution < -0.4 is 10.6 Å². The van der Waals surface area contributed by atoms with Crippen molar-refractivity contribution in [2.75, 3.05) is 33.3 Å². The van der Waals surface area contributed by atoms with E-state index in [1.54, 1.807) is 24.5 Å². The monoisotopic (exact) mass is 743 g/mol. The SMILES string of the molecule is COC1(C(=O)NC(C2=Cc3cccnc3C(C3CCN(C(=O)OC4CCN(C(=O)NC(C)(C)C)CC4)CC3)c3ccc(Cl)cc32)c2cncn2C)CC1. The number of carbonyl (C=O) groups excluding carboxylic acids is 3. The number of amides is 4. The Morgan fingerprint density at radius 3 is 2.38 bits per heavy atom. The number of ether oxygens (including phenoxy) is 2. The predicted molar refractivity (Wildman–Crippen MR) is 202 cm³/mol. The van der Waals surface area contributed by atoms with E-state index in [0.717, 1.165) is 46.5 Å². The lowest BCUT2D eigenvalue weighted by atomic mass is 9.75. The van der Waals surface area contributed by atoms with E-state index in [2.05, 4.69) is 33.8 Å². The highest BCUT2D eigenvalue weighted by molar-refractivity contribution is 6.30. The van der Waals surface area contributed by atoms with E-state index in [-0.39, 0.29) is 41.5 Å². The van der Waals surface area contributed by atoms with Crippen molar-refractivity contribution in [3.05, 3.63) is 82.2 Å². The molecule has 4 amide bonds. The zero-order chi connectivity index (χ0) is 37.5. The zero-order valence-electron chi connectivity index (χ0n) is 31.2. The first-order chi connectivity index (χ1) is 25.4. The number of nitrogens with zero attached hydrogens (tertiary/aromatic N) is 5. The van der Waals surface area contributed by atoms with Gasteiger partial charge >= 0.3 is 12.1 Å². The van der Waals surface area contributed by atoms with E-state index in [1.807, 2.05) is 61.7 Å². The maximum atomic E-state index is 13.7. The minimum absolute atomic E-state index is 0.0782. The van der Waals surface area contributed by atoms with Crippen molar-refractivity contribution in [3.63, 3.8) is 0 Å². The Hall–Kier alpha value is -4.42. The molecule has 1 aromatic carbocycles. The molecule has 2 aromatic heterocycles. The van der Waals surface area contributed by atoms with Gasteiger partial charge in [0.1, 0.15) is 11.7 Å². The summed E-state index contributed by atoms with van der Waals surface area (Å²) >= 11 is 6.75. The Morgan fingerprint density at radius 2 is 1.74 bits per heavy atom. The van der Waals surface area contributed by atoms with Gasteiger partial charge in [-0.2, -0.15) is 0 Å². The Kier molecular flexibility index (Phi) is 10.3. The molecule has 3 fully saturated rings. The van der Waals surface area contributed by atoms with Crippen LogP contribution in [-0.4, -0.2) is 92.9 Å². The molecule has 282 valence electrons. The molecule has 1 saturated carbocycles. The molecule has 4 aliphatic rings. The highest BCUT2D eigenvalue weighted by Crippen LogP contribution is 2.48. The number of likely N-dealkylation sites (tertiary alicyclic amines) is 2. The number of hydrogen-bond donors (Lipinski definition) is 2. The number of imidazole rings is 1. The molecule has 2 N–H and O–H groups in total. The first-order valence-electron chi connectivity index (χ1n) is 18.7. The molecule has 2 aliphatic carbocycles. The van der Waals surface area contributed by atoms with Gasteiger partial charge < -0.3 is 34.5 Å². The number of benzene rings is 1. The van der Waals surface area contributed by atoms with Crippen molar-refractivity contribution < 1.29 is 23.9 Å². The summed E-state index contributed by atoms with van der Waals surface area (Å²) < 4.78 is 13.6. The van der Waals surface area contributed by atoms with Gasteiger partial charge in [0.15, 0.2) is 0 Å². The number of rotatable bonds is 7. The smallest absolute Gasteiger partial charge is 0.410 e. The third-order valence-corrected chi connectivity index (χ3v) is 11.4. The third kappa shape index (κ3) is 7.80. The number of urea groups is 1. The van der Waals surface area contributed by atoms with Crippen LogP contribution in [0.2, 0.25) is 5.02 Å². The molecule has 0 bridgehead atoms. The molecule has 0 spiro atoms. The average Bonchev–Trinajstić information content (AvgIpc) is 3.86. The van der Waals surface area contributed by atoms with Crippen LogP contribution >= 0.6 is 11.6 Å². The maximum Gasteiger partial charge on any atom is 0.410 e. The molecular weight excluding hydrogens is 694 g/mol. The van der Waals surface area contributed by atoms with E-state index < -0.39 is 11.6 Å². The topological polar surface area (TPSA) is 131 Å². The van der Waals surface area contributed by atoms with Crippen molar-refractivity contribution in [2.45, 2.75) is 88.5 Å². The van der Waals surface area contributed by atoms with Gasteiger partial charge in [-0.1, -0.05) is 23.7 Å². The van der Waals surface area contributed by atoms with E-state index in [1.165, 1.54) is 0 Å². The molecule has 0 radical (unpaired) electrons.